The third-order valence-corrected chi connectivity index (χ3v) is 3.40. The molecule has 7 heteroatoms. The van der Waals surface area contributed by atoms with E-state index in [1.54, 1.807) is 24.3 Å². The molecule has 2 amide bonds. The zero-order valence-electron chi connectivity index (χ0n) is 13.2. The SMILES string of the molecule is C=C(C)COc1ccc(NC(=O)NCC2(O)CCNC2)cc1.Cl. The molecule has 0 aromatic heterocycles. The van der Waals surface area contributed by atoms with Gasteiger partial charge in [-0.15, -0.1) is 12.4 Å². The van der Waals surface area contributed by atoms with Crippen molar-refractivity contribution in [3.05, 3.63) is 36.4 Å². The number of carbonyl (C=O) groups is 1. The van der Waals surface area contributed by atoms with Crippen molar-refractivity contribution in [3.8, 4) is 5.75 Å². The van der Waals surface area contributed by atoms with Crippen molar-refractivity contribution in [2.75, 3.05) is 31.6 Å². The monoisotopic (exact) mass is 341 g/mol. The second-order valence-electron chi connectivity index (χ2n) is 5.73. The zero-order valence-corrected chi connectivity index (χ0v) is 14.0. The van der Waals surface area contributed by atoms with Crippen LogP contribution in [-0.2, 0) is 0 Å². The van der Waals surface area contributed by atoms with E-state index in [4.69, 9.17) is 4.74 Å². The first kappa shape index (κ1) is 19.3. The lowest BCUT2D eigenvalue weighted by Gasteiger charge is -2.21. The number of hydrogen-bond acceptors (Lipinski definition) is 4. The van der Waals surface area contributed by atoms with Crippen molar-refractivity contribution in [3.63, 3.8) is 0 Å². The smallest absolute Gasteiger partial charge is 0.319 e. The highest BCUT2D eigenvalue weighted by Gasteiger charge is 2.31. The van der Waals surface area contributed by atoms with Crippen LogP contribution in [0.4, 0.5) is 10.5 Å². The molecule has 4 N–H and O–H groups in total. The van der Waals surface area contributed by atoms with Crippen molar-refractivity contribution in [2.24, 2.45) is 0 Å². The van der Waals surface area contributed by atoms with Crippen molar-refractivity contribution >= 4 is 24.1 Å². The number of hydrogen-bond donors (Lipinski definition) is 4. The van der Waals surface area contributed by atoms with Gasteiger partial charge in [0.2, 0.25) is 0 Å². The average Bonchev–Trinajstić information content (AvgIpc) is 2.92. The Morgan fingerprint density at radius 1 is 1.43 bits per heavy atom. The van der Waals surface area contributed by atoms with Crippen LogP contribution in [-0.4, -0.2) is 43.0 Å². The van der Waals surface area contributed by atoms with Crippen LogP contribution in [0, 0.1) is 0 Å². The minimum absolute atomic E-state index is 0. The molecular formula is C16H24ClN3O3. The summed E-state index contributed by atoms with van der Waals surface area (Å²) in [7, 11) is 0. The Balaban J connectivity index is 0.00000264. The number of ether oxygens (including phenoxy) is 1. The summed E-state index contributed by atoms with van der Waals surface area (Å²) in [6.07, 6.45) is 0.641. The van der Waals surface area contributed by atoms with Crippen LogP contribution >= 0.6 is 12.4 Å². The lowest BCUT2D eigenvalue weighted by molar-refractivity contribution is 0.0640. The van der Waals surface area contributed by atoms with Crippen molar-refractivity contribution < 1.29 is 14.6 Å². The standard InChI is InChI=1S/C16H23N3O3.ClH/c1-12(2)9-22-14-5-3-13(4-6-14)19-15(20)18-11-16(21)7-8-17-10-16;/h3-6,17,21H,1,7-11H2,2H3,(H2,18,19,20);1H. The van der Waals surface area contributed by atoms with E-state index in [9.17, 15) is 9.90 Å². The summed E-state index contributed by atoms with van der Waals surface area (Å²) < 4.78 is 5.49. The molecular weight excluding hydrogens is 318 g/mol. The summed E-state index contributed by atoms with van der Waals surface area (Å²) in [5, 5.41) is 18.6. The number of carbonyl (C=O) groups excluding carboxylic acids is 1. The number of amides is 2. The predicted molar refractivity (Wildman–Crippen MR) is 93.5 cm³/mol. The zero-order chi connectivity index (χ0) is 16.0. The minimum Gasteiger partial charge on any atom is -0.489 e. The highest BCUT2D eigenvalue weighted by atomic mass is 35.5. The van der Waals surface area contributed by atoms with Gasteiger partial charge >= 0.3 is 6.03 Å². The molecule has 0 radical (unpaired) electrons. The predicted octanol–water partition coefficient (Wildman–Crippen LogP) is 1.91. The van der Waals surface area contributed by atoms with Gasteiger partial charge in [-0.3, -0.25) is 0 Å². The molecule has 1 saturated heterocycles. The summed E-state index contributed by atoms with van der Waals surface area (Å²) in [5.41, 5.74) is 0.759. The van der Waals surface area contributed by atoms with Gasteiger partial charge in [0, 0.05) is 18.8 Å². The van der Waals surface area contributed by atoms with E-state index < -0.39 is 5.60 Å². The summed E-state index contributed by atoms with van der Waals surface area (Å²) in [6, 6.07) is 6.76. The Bertz CT molecular complexity index is 528. The second-order valence-corrected chi connectivity index (χ2v) is 5.73. The molecule has 1 atom stereocenters. The topological polar surface area (TPSA) is 82.6 Å². The molecule has 2 rings (SSSR count). The molecule has 6 nitrogen and oxygen atoms in total. The van der Waals surface area contributed by atoms with E-state index in [0.29, 0.717) is 25.3 Å². The second kappa shape index (κ2) is 8.76. The third-order valence-electron chi connectivity index (χ3n) is 3.40. The van der Waals surface area contributed by atoms with E-state index in [1.807, 2.05) is 6.92 Å². The number of rotatable bonds is 6. The van der Waals surface area contributed by atoms with E-state index in [1.165, 1.54) is 0 Å². The molecule has 0 saturated carbocycles. The summed E-state index contributed by atoms with van der Waals surface area (Å²) in [6.45, 7) is 7.64. The molecule has 1 heterocycles. The van der Waals surface area contributed by atoms with Gasteiger partial charge in [-0.2, -0.15) is 0 Å². The third kappa shape index (κ3) is 6.48. The molecule has 0 aliphatic carbocycles. The summed E-state index contributed by atoms with van der Waals surface area (Å²) in [4.78, 5) is 11.8. The Labute approximate surface area is 142 Å². The lowest BCUT2D eigenvalue weighted by Crippen LogP contribution is -2.45. The van der Waals surface area contributed by atoms with E-state index in [-0.39, 0.29) is 25.0 Å². The van der Waals surface area contributed by atoms with Crippen LogP contribution in [0.5, 0.6) is 5.75 Å². The molecule has 23 heavy (non-hydrogen) atoms. The quantitative estimate of drug-likeness (QED) is 0.596. The normalized spacial score (nSPS) is 19.6. The molecule has 1 aliphatic rings. The molecule has 1 fully saturated rings. The minimum atomic E-state index is -0.850. The maximum Gasteiger partial charge on any atom is 0.319 e. The number of β-amino-alcohol motifs (C(OH)–C–C–N with tert-alkyl or cyclic N) is 1. The van der Waals surface area contributed by atoms with Crippen LogP contribution < -0.4 is 20.7 Å². The molecule has 0 spiro atoms. The summed E-state index contributed by atoms with van der Waals surface area (Å²) >= 11 is 0. The fraction of sp³-hybridized carbons (Fsp3) is 0.438. The van der Waals surface area contributed by atoms with Gasteiger partial charge in [0.15, 0.2) is 0 Å². The van der Waals surface area contributed by atoms with Crippen molar-refractivity contribution in [2.45, 2.75) is 18.9 Å². The first-order valence-electron chi connectivity index (χ1n) is 7.32. The van der Waals surface area contributed by atoms with Crippen LogP contribution in [0.25, 0.3) is 0 Å². The first-order chi connectivity index (χ1) is 10.5. The maximum atomic E-state index is 11.8. The summed E-state index contributed by atoms with van der Waals surface area (Å²) in [5.74, 6) is 0.722. The Hall–Kier alpha value is -1.76. The number of nitrogens with one attached hydrogen (secondary N) is 3. The maximum absolute atomic E-state index is 11.8. The van der Waals surface area contributed by atoms with Crippen LogP contribution in [0.2, 0.25) is 0 Å². The lowest BCUT2D eigenvalue weighted by atomic mass is 10.0. The molecule has 1 aromatic carbocycles. The molecule has 1 aromatic rings. The fourth-order valence-electron chi connectivity index (χ4n) is 2.14. The number of benzene rings is 1. The Kier molecular flexibility index (Phi) is 7.35. The van der Waals surface area contributed by atoms with E-state index >= 15 is 0 Å². The van der Waals surface area contributed by atoms with Gasteiger partial charge in [-0.05, 0) is 49.7 Å². The van der Waals surface area contributed by atoms with Gasteiger partial charge in [-0.1, -0.05) is 6.58 Å². The fourth-order valence-corrected chi connectivity index (χ4v) is 2.14. The number of urea groups is 1. The number of anilines is 1. The van der Waals surface area contributed by atoms with Gasteiger partial charge in [0.1, 0.15) is 12.4 Å². The Morgan fingerprint density at radius 2 is 2.13 bits per heavy atom. The van der Waals surface area contributed by atoms with Gasteiger partial charge < -0.3 is 25.8 Å². The van der Waals surface area contributed by atoms with E-state index in [0.717, 1.165) is 17.9 Å². The van der Waals surface area contributed by atoms with Crippen molar-refractivity contribution in [1.29, 1.82) is 0 Å². The van der Waals surface area contributed by atoms with Crippen LogP contribution in [0.1, 0.15) is 13.3 Å². The molecule has 1 aliphatic heterocycles. The van der Waals surface area contributed by atoms with Gasteiger partial charge in [-0.25, -0.2) is 4.79 Å². The average molecular weight is 342 g/mol. The molecule has 0 bridgehead atoms. The number of aliphatic hydroxyl groups is 1. The van der Waals surface area contributed by atoms with Crippen LogP contribution in [0.15, 0.2) is 36.4 Å². The van der Waals surface area contributed by atoms with Gasteiger partial charge in [0.25, 0.3) is 0 Å². The van der Waals surface area contributed by atoms with Crippen LogP contribution in [0.3, 0.4) is 0 Å². The largest absolute Gasteiger partial charge is 0.489 e. The first-order valence-corrected chi connectivity index (χ1v) is 7.32. The highest BCUT2D eigenvalue weighted by Crippen LogP contribution is 2.16. The van der Waals surface area contributed by atoms with Crippen molar-refractivity contribution in [1.82, 2.24) is 10.6 Å². The van der Waals surface area contributed by atoms with E-state index in [2.05, 4.69) is 22.5 Å². The molecule has 1 unspecified atom stereocenters. The van der Waals surface area contributed by atoms with Gasteiger partial charge in [0.05, 0.1) is 5.60 Å². The molecule has 128 valence electrons. The Morgan fingerprint density at radius 3 is 2.70 bits per heavy atom. The number of halogens is 1. The highest BCUT2D eigenvalue weighted by molar-refractivity contribution is 5.89.